The van der Waals surface area contributed by atoms with Crippen LogP contribution in [0.15, 0.2) is 0 Å². The van der Waals surface area contributed by atoms with Crippen molar-refractivity contribution in [1.82, 2.24) is 9.97 Å². The van der Waals surface area contributed by atoms with Crippen LogP contribution >= 0.6 is 11.6 Å². The van der Waals surface area contributed by atoms with Gasteiger partial charge in [0.2, 0.25) is 11.1 Å². The van der Waals surface area contributed by atoms with E-state index in [1.165, 1.54) is 0 Å². The van der Waals surface area contributed by atoms with Crippen LogP contribution < -0.4 is 4.90 Å². The minimum atomic E-state index is -0.435. The van der Waals surface area contributed by atoms with E-state index in [4.69, 9.17) is 11.6 Å². The van der Waals surface area contributed by atoms with Crippen LogP contribution in [0.2, 0.25) is 5.28 Å². The maximum atomic E-state index is 11.1. The van der Waals surface area contributed by atoms with E-state index in [9.17, 15) is 10.1 Å². The lowest BCUT2D eigenvalue weighted by Crippen LogP contribution is -2.31. The summed E-state index contributed by atoms with van der Waals surface area (Å²) in [6, 6.07) is 0. The Bertz CT molecular complexity index is 446. The number of nitrogens with zero attached hydrogens (tertiary/aromatic N) is 4. The SMILES string of the molecule is Cc1nc(Cl)nc(N2CCCCC2)c1[N+](=O)[O-]. The second kappa shape index (κ2) is 4.83. The van der Waals surface area contributed by atoms with Crippen molar-refractivity contribution in [2.75, 3.05) is 18.0 Å². The molecule has 1 aliphatic rings. The molecule has 1 aromatic heterocycles. The van der Waals surface area contributed by atoms with Gasteiger partial charge in [0.15, 0.2) is 0 Å². The molecule has 0 aliphatic carbocycles. The first-order valence-corrected chi connectivity index (χ1v) is 5.91. The molecule has 1 fully saturated rings. The second-order valence-corrected chi connectivity index (χ2v) is 4.39. The lowest BCUT2D eigenvalue weighted by atomic mass is 10.1. The van der Waals surface area contributed by atoms with E-state index < -0.39 is 4.92 Å². The van der Waals surface area contributed by atoms with Crippen molar-refractivity contribution in [3.05, 3.63) is 21.1 Å². The predicted molar refractivity (Wildman–Crippen MR) is 64.5 cm³/mol. The molecule has 7 heteroatoms. The Morgan fingerprint density at radius 2 is 1.94 bits per heavy atom. The minimum absolute atomic E-state index is 0.0312. The highest BCUT2D eigenvalue weighted by molar-refractivity contribution is 6.28. The fourth-order valence-electron chi connectivity index (χ4n) is 2.06. The van der Waals surface area contributed by atoms with Gasteiger partial charge in [-0.1, -0.05) is 0 Å². The Morgan fingerprint density at radius 3 is 2.53 bits per heavy atom. The molecule has 2 heterocycles. The van der Waals surface area contributed by atoms with Crippen LogP contribution in [0.4, 0.5) is 11.5 Å². The van der Waals surface area contributed by atoms with Crippen LogP contribution in [0.25, 0.3) is 0 Å². The number of aromatic nitrogens is 2. The van der Waals surface area contributed by atoms with Crippen molar-refractivity contribution in [2.24, 2.45) is 0 Å². The largest absolute Gasteiger partial charge is 0.351 e. The number of halogens is 1. The van der Waals surface area contributed by atoms with Crippen molar-refractivity contribution < 1.29 is 4.92 Å². The highest BCUT2D eigenvalue weighted by atomic mass is 35.5. The standard InChI is InChI=1S/C10H13ClN4O2/c1-7-8(15(16)17)9(13-10(11)12-7)14-5-3-2-4-6-14/h2-6H2,1H3. The van der Waals surface area contributed by atoms with E-state index in [1.54, 1.807) is 6.92 Å². The topological polar surface area (TPSA) is 72.2 Å². The van der Waals surface area contributed by atoms with Gasteiger partial charge in [-0.25, -0.2) is 4.98 Å². The van der Waals surface area contributed by atoms with E-state index in [-0.39, 0.29) is 11.0 Å². The Labute approximate surface area is 104 Å². The first-order chi connectivity index (χ1) is 8.09. The lowest BCUT2D eigenvalue weighted by Gasteiger charge is -2.27. The van der Waals surface area contributed by atoms with E-state index in [1.807, 2.05) is 4.90 Å². The van der Waals surface area contributed by atoms with Crippen LogP contribution in [0.3, 0.4) is 0 Å². The van der Waals surface area contributed by atoms with Gasteiger partial charge in [-0.3, -0.25) is 10.1 Å². The molecule has 0 aromatic carbocycles. The normalized spacial score (nSPS) is 16.0. The number of nitro groups is 1. The first kappa shape index (κ1) is 12.0. The molecule has 0 amide bonds. The molecular weight excluding hydrogens is 244 g/mol. The number of hydrogen-bond donors (Lipinski definition) is 0. The molecule has 6 nitrogen and oxygen atoms in total. The smallest absolute Gasteiger partial charge is 0.332 e. The van der Waals surface area contributed by atoms with Crippen LogP contribution in [0, 0.1) is 17.0 Å². The minimum Gasteiger partial charge on any atom is -0.351 e. The molecule has 0 atom stereocenters. The summed E-state index contributed by atoms with van der Waals surface area (Å²) in [5.74, 6) is 0.354. The van der Waals surface area contributed by atoms with E-state index in [0.717, 1.165) is 32.4 Å². The summed E-state index contributed by atoms with van der Waals surface area (Å²) in [6.45, 7) is 3.15. The zero-order valence-electron chi connectivity index (χ0n) is 9.52. The van der Waals surface area contributed by atoms with Gasteiger partial charge in [0.25, 0.3) is 0 Å². The van der Waals surface area contributed by atoms with E-state index in [0.29, 0.717) is 11.5 Å². The van der Waals surface area contributed by atoms with Crippen LogP contribution in [0.1, 0.15) is 25.0 Å². The van der Waals surface area contributed by atoms with E-state index >= 15 is 0 Å². The maximum Gasteiger partial charge on any atom is 0.332 e. The van der Waals surface area contributed by atoms with Crippen molar-refractivity contribution >= 4 is 23.1 Å². The zero-order chi connectivity index (χ0) is 12.4. The molecular formula is C10H13ClN4O2. The number of rotatable bonds is 2. The highest BCUT2D eigenvalue weighted by Crippen LogP contribution is 2.31. The fourth-order valence-corrected chi connectivity index (χ4v) is 2.27. The van der Waals surface area contributed by atoms with Crippen LogP contribution in [-0.4, -0.2) is 28.0 Å². The number of hydrogen-bond acceptors (Lipinski definition) is 5. The molecule has 1 aromatic rings. The number of anilines is 1. The van der Waals surface area contributed by atoms with Crippen molar-refractivity contribution in [1.29, 1.82) is 0 Å². The number of aryl methyl sites for hydroxylation is 1. The lowest BCUT2D eigenvalue weighted by molar-refractivity contribution is -0.385. The molecule has 17 heavy (non-hydrogen) atoms. The van der Waals surface area contributed by atoms with Crippen LogP contribution in [-0.2, 0) is 0 Å². The van der Waals surface area contributed by atoms with Gasteiger partial charge in [0.05, 0.1) is 4.92 Å². The summed E-state index contributed by atoms with van der Waals surface area (Å²) in [7, 11) is 0. The zero-order valence-corrected chi connectivity index (χ0v) is 10.3. The monoisotopic (exact) mass is 256 g/mol. The average molecular weight is 257 g/mol. The number of piperidine rings is 1. The molecule has 0 bridgehead atoms. The predicted octanol–water partition coefficient (Wildman–Crippen LogP) is 2.34. The van der Waals surface area contributed by atoms with Gasteiger partial charge < -0.3 is 4.90 Å². The Morgan fingerprint density at radius 1 is 1.29 bits per heavy atom. The molecule has 1 saturated heterocycles. The van der Waals surface area contributed by atoms with Crippen molar-refractivity contribution in [3.8, 4) is 0 Å². The van der Waals surface area contributed by atoms with Gasteiger partial charge in [-0.2, -0.15) is 4.98 Å². The van der Waals surface area contributed by atoms with Gasteiger partial charge in [0.1, 0.15) is 5.69 Å². The maximum absolute atomic E-state index is 11.1. The molecule has 0 unspecified atom stereocenters. The van der Waals surface area contributed by atoms with Gasteiger partial charge in [-0.05, 0) is 37.8 Å². The molecule has 0 radical (unpaired) electrons. The van der Waals surface area contributed by atoms with Gasteiger partial charge in [-0.15, -0.1) is 0 Å². The molecule has 1 aliphatic heterocycles. The summed E-state index contributed by atoms with van der Waals surface area (Å²) in [5.41, 5.74) is 0.284. The Balaban J connectivity index is 2.46. The Kier molecular flexibility index (Phi) is 3.42. The molecule has 0 spiro atoms. The highest BCUT2D eigenvalue weighted by Gasteiger charge is 2.26. The molecule has 0 saturated carbocycles. The summed E-state index contributed by atoms with van der Waals surface area (Å²) in [6.07, 6.45) is 3.21. The van der Waals surface area contributed by atoms with E-state index in [2.05, 4.69) is 9.97 Å². The Hall–Kier alpha value is -1.43. The summed E-state index contributed by atoms with van der Waals surface area (Å²) < 4.78 is 0. The third-order valence-electron chi connectivity index (χ3n) is 2.85. The molecule has 0 N–H and O–H groups in total. The molecule has 2 rings (SSSR count). The quantitative estimate of drug-likeness (QED) is 0.461. The molecule has 92 valence electrons. The van der Waals surface area contributed by atoms with Gasteiger partial charge in [0, 0.05) is 13.1 Å². The second-order valence-electron chi connectivity index (χ2n) is 4.06. The van der Waals surface area contributed by atoms with Crippen molar-refractivity contribution in [3.63, 3.8) is 0 Å². The van der Waals surface area contributed by atoms with Crippen molar-refractivity contribution in [2.45, 2.75) is 26.2 Å². The fraction of sp³-hybridized carbons (Fsp3) is 0.600. The average Bonchev–Trinajstić information content (AvgIpc) is 2.28. The first-order valence-electron chi connectivity index (χ1n) is 5.53. The summed E-state index contributed by atoms with van der Waals surface area (Å²) in [5, 5.41) is 11.1. The third kappa shape index (κ3) is 2.46. The van der Waals surface area contributed by atoms with Gasteiger partial charge >= 0.3 is 5.69 Å². The third-order valence-corrected chi connectivity index (χ3v) is 3.02. The van der Waals surface area contributed by atoms with Crippen LogP contribution in [0.5, 0.6) is 0 Å². The summed E-state index contributed by atoms with van der Waals surface area (Å²) >= 11 is 5.77. The summed E-state index contributed by atoms with van der Waals surface area (Å²) in [4.78, 5) is 20.4.